The largest absolute Gasteiger partial charge is 0.464 e. The van der Waals surface area contributed by atoms with Gasteiger partial charge in [-0.1, -0.05) is 26.0 Å². The average Bonchev–Trinajstić information content (AvgIpc) is 2.50. The van der Waals surface area contributed by atoms with E-state index in [0.717, 1.165) is 31.7 Å². The molecule has 1 fully saturated rings. The standard InChI is InChI=1S/C18H23NO3/c1-13(2)9-15-11-19(7-8-21-15)10-14-12-22-17-6-4-3-5-16(17)18(14)20/h3-6,12-13,15H,7-11H2,1-2H3. The predicted molar refractivity (Wildman–Crippen MR) is 87.0 cm³/mol. The zero-order valence-electron chi connectivity index (χ0n) is 13.2. The lowest BCUT2D eigenvalue weighted by Gasteiger charge is -2.33. The maximum Gasteiger partial charge on any atom is 0.197 e. The molecule has 22 heavy (non-hydrogen) atoms. The number of morpholine rings is 1. The van der Waals surface area contributed by atoms with Crippen LogP contribution in [0.4, 0.5) is 0 Å². The Hall–Kier alpha value is -1.65. The van der Waals surface area contributed by atoms with Crippen LogP contribution in [0.5, 0.6) is 0 Å². The summed E-state index contributed by atoms with van der Waals surface area (Å²) < 4.78 is 11.4. The Morgan fingerprint density at radius 1 is 1.32 bits per heavy atom. The first-order chi connectivity index (χ1) is 10.6. The lowest BCUT2D eigenvalue weighted by molar-refractivity contribution is -0.0401. The quantitative estimate of drug-likeness (QED) is 0.870. The molecule has 1 aliphatic heterocycles. The van der Waals surface area contributed by atoms with Crippen LogP contribution in [0.25, 0.3) is 11.0 Å². The van der Waals surface area contributed by atoms with Gasteiger partial charge < -0.3 is 9.15 Å². The molecule has 1 aromatic carbocycles. The molecular formula is C18H23NO3. The maximum atomic E-state index is 12.5. The lowest BCUT2D eigenvalue weighted by atomic mass is 10.0. The van der Waals surface area contributed by atoms with Crippen LogP contribution in [0.3, 0.4) is 0 Å². The number of rotatable bonds is 4. The van der Waals surface area contributed by atoms with Crippen molar-refractivity contribution in [2.24, 2.45) is 5.92 Å². The van der Waals surface area contributed by atoms with Crippen LogP contribution in [0.15, 0.2) is 39.7 Å². The molecule has 1 aromatic heterocycles. The molecule has 3 rings (SSSR count). The first kappa shape index (κ1) is 15.3. The number of hydrogen-bond donors (Lipinski definition) is 0. The normalized spacial score (nSPS) is 19.9. The first-order valence-electron chi connectivity index (χ1n) is 7.97. The van der Waals surface area contributed by atoms with E-state index in [1.165, 1.54) is 0 Å². The van der Waals surface area contributed by atoms with Gasteiger partial charge in [-0.15, -0.1) is 0 Å². The van der Waals surface area contributed by atoms with E-state index in [1.807, 2.05) is 24.3 Å². The molecule has 1 unspecified atom stereocenters. The van der Waals surface area contributed by atoms with Crippen LogP contribution < -0.4 is 5.43 Å². The van der Waals surface area contributed by atoms with E-state index in [2.05, 4.69) is 18.7 Å². The Morgan fingerprint density at radius 3 is 2.95 bits per heavy atom. The zero-order valence-corrected chi connectivity index (χ0v) is 13.2. The molecule has 0 saturated carbocycles. The van der Waals surface area contributed by atoms with Gasteiger partial charge in [0.15, 0.2) is 5.43 Å². The van der Waals surface area contributed by atoms with Crippen LogP contribution in [0, 0.1) is 5.92 Å². The first-order valence-corrected chi connectivity index (χ1v) is 7.97. The highest BCUT2D eigenvalue weighted by Crippen LogP contribution is 2.16. The van der Waals surface area contributed by atoms with Gasteiger partial charge in [-0.3, -0.25) is 9.69 Å². The van der Waals surface area contributed by atoms with Gasteiger partial charge in [-0.25, -0.2) is 0 Å². The van der Waals surface area contributed by atoms with Gasteiger partial charge in [0, 0.05) is 25.2 Å². The van der Waals surface area contributed by atoms with E-state index in [0.29, 0.717) is 23.4 Å². The third-order valence-corrected chi connectivity index (χ3v) is 4.10. The van der Waals surface area contributed by atoms with Crippen LogP contribution in [-0.2, 0) is 11.3 Å². The topological polar surface area (TPSA) is 42.7 Å². The van der Waals surface area contributed by atoms with Gasteiger partial charge in [0.1, 0.15) is 5.58 Å². The monoisotopic (exact) mass is 301 g/mol. The third-order valence-electron chi connectivity index (χ3n) is 4.10. The highest BCUT2D eigenvalue weighted by molar-refractivity contribution is 5.76. The van der Waals surface area contributed by atoms with Crippen molar-refractivity contribution >= 4 is 11.0 Å². The van der Waals surface area contributed by atoms with E-state index in [1.54, 1.807) is 6.26 Å². The fourth-order valence-electron chi connectivity index (χ4n) is 3.06. The van der Waals surface area contributed by atoms with E-state index >= 15 is 0 Å². The van der Waals surface area contributed by atoms with Gasteiger partial charge in [-0.05, 0) is 24.5 Å². The minimum atomic E-state index is 0.0775. The summed E-state index contributed by atoms with van der Waals surface area (Å²) in [7, 11) is 0. The van der Waals surface area contributed by atoms with Gasteiger partial charge in [0.25, 0.3) is 0 Å². The highest BCUT2D eigenvalue weighted by Gasteiger charge is 2.22. The summed E-state index contributed by atoms with van der Waals surface area (Å²) in [6.07, 6.45) is 2.93. The molecule has 4 nitrogen and oxygen atoms in total. The molecule has 0 bridgehead atoms. The fourth-order valence-corrected chi connectivity index (χ4v) is 3.06. The molecule has 118 valence electrons. The number of nitrogens with zero attached hydrogens (tertiary/aromatic N) is 1. The van der Waals surface area contributed by atoms with Crippen molar-refractivity contribution in [2.75, 3.05) is 19.7 Å². The second-order valence-electron chi connectivity index (χ2n) is 6.44. The number of ether oxygens (including phenoxy) is 1. The summed E-state index contributed by atoms with van der Waals surface area (Å²) in [4.78, 5) is 14.8. The second kappa shape index (κ2) is 6.63. The average molecular weight is 301 g/mol. The molecular weight excluding hydrogens is 278 g/mol. The summed E-state index contributed by atoms with van der Waals surface area (Å²) in [6, 6.07) is 7.40. The molecule has 4 heteroatoms. The fraction of sp³-hybridized carbons (Fsp3) is 0.500. The molecule has 0 radical (unpaired) electrons. The van der Waals surface area contributed by atoms with Crippen molar-refractivity contribution in [1.82, 2.24) is 4.90 Å². The van der Waals surface area contributed by atoms with E-state index in [9.17, 15) is 4.79 Å². The van der Waals surface area contributed by atoms with Gasteiger partial charge >= 0.3 is 0 Å². The van der Waals surface area contributed by atoms with Crippen molar-refractivity contribution in [3.63, 3.8) is 0 Å². The van der Waals surface area contributed by atoms with Crippen LogP contribution in [-0.4, -0.2) is 30.7 Å². The van der Waals surface area contributed by atoms with Crippen molar-refractivity contribution < 1.29 is 9.15 Å². The highest BCUT2D eigenvalue weighted by atomic mass is 16.5. The Balaban J connectivity index is 1.75. The number of fused-ring (bicyclic) bond motifs is 1. The molecule has 1 saturated heterocycles. The number of benzene rings is 1. The molecule has 0 N–H and O–H groups in total. The van der Waals surface area contributed by atoms with Crippen molar-refractivity contribution in [1.29, 1.82) is 0 Å². The van der Waals surface area contributed by atoms with Crippen LogP contribution >= 0.6 is 0 Å². The molecule has 2 heterocycles. The van der Waals surface area contributed by atoms with Crippen LogP contribution in [0.2, 0.25) is 0 Å². The Bertz CT molecular complexity index is 692. The smallest absolute Gasteiger partial charge is 0.197 e. The molecule has 0 aliphatic carbocycles. The minimum Gasteiger partial charge on any atom is -0.464 e. The Morgan fingerprint density at radius 2 is 2.14 bits per heavy atom. The maximum absolute atomic E-state index is 12.5. The molecule has 0 spiro atoms. The van der Waals surface area contributed by atoms with Crippen molar-refractivity contribution in [2.45, 2.75) is 32.9 Å². The molecule has 2 aromatic rings. The van der Waals surface area contributed by atoms with Gasteiger partial charge in [0.05, 0.1) is 24.4 Å². The number of para-hydroxylation sites is 1. The molecule has 1 aliphatic rings. The SMILES string of the molecule is CC(C)CC1CN(Cc2coc3ccccc3c2=O)CCO1. The summed E-state index contributed by atoms with van der Waals surface area (Å²) in [5, 5.41) is 0.659. The second-order valence-corrected chi connectivity index (χ2v) is 6.44. The van der Waals surface area contributed by atoms with Crippen molar-refractivity contribution in [3.8, 4) is 0 Å². The lowest BCUT2D eigenvalue weighted by Crippen LogP contribution is -2.43. The van der Waals surface area contributed by atoms with Gasteiger partial charge in [-0.2, -0.15) is 0 Å². The minimum absolute atomic E-state index is 0.0775. The summed E-state index contributed by atoms with van der Waals surface area (Å²) >= 11 is 0. The predicted octanol–water partition coefficient (Wildman–Crippen LogP) is 3.04. The van der Waals surface area contributed by atoms with Gasteiger partial charge in [0.2, 0.25) is 0 Å². The Labute approximate surface area is 130 Å². The van der Waals surface area contributed by atoms with Crippen LogP contribution in [0.1, 0.15) is 25.8 Å². The summed E-state index contributed by atoms with van der Waals surface area (Å²) in [6.45, 7) is 7.52. The Kier molecular flexibility index (Phi) is 4.60. The molecule has 0 amide bonds. The summed E-state index contributed by atoms with van der Waals surface area (Å²) in [5.41, 5.74) is 1.45. The van der Waals surface area contributed by atoms with E-state index < -0.39 is 0 Å². The zero-order chi connectivity index (χ0) is 15.5. The van der Waals surface area contributed by atoms with E-state index in [-0.39, 0.29) is 11.5 Å². The van der Waals surface area contributed by atoms with Crippen molar-refractivity contribution in [3.05, 3.63) is 46.3 Å². The third kappa shape index (κ3) is 3.39. The van der Waals surface area contributed by atoms with E-state index in [4.69, 9.17) is 9.15 Å². The number of hydrogen-bond acceptors (Lipinski definition) is 4. The molecule has 1 atom stereocenters. The summed E-state index contributed by atoms with van der Waals surface area (Å²) in [5.74, 6) is 0.621.